The first-order valence-electron chi connectivity index (χ1n) is 5.97. The van der Waals surface area contributed by atoms with Gasteiger partial charge in [-0.25, -0.2) is 14.5 Å². The smallest absolute Gasteiger partial charge is 0.419 e. The molecule has 2 N–H and O–H groups in total. The molecule has 0 bridgehead atoms. The summed E-state index contributed by atoms with van der Waals surface area (Å²) in [7, 11) is 0. The Kier molecular flexibility index (Phi) is 3.44. The van der Waals surface area contributed by atoms with Crippen LogP contribution in [0.5, 0.6) is 0 Å². The molecular formula is C14H13N3O3. The minimum atomic E-state index is -1.41. The van der Waals surface area contributed by atoms with Crippen molar-refractivity contribution in [2.75, 3.05) is 0 Å². The van der Waals surface area contributed by atoms with Gasteiger partial charge >= 0.3 is 12.1 Å². The minimum absolute atomic E-state index is 0.136. The molecule has 6 heteroatoms. The van der Waals surface area contributed by atoms with Crippen molar-refractivity contribution >= 4 is 12.1 Å². The SMILES string of the molecule is CC1=C(C#N)C(c2ccccc2C)NC(=O)N1C(=O)O. The van der Waals surface area contributed by atoms with Crippen LogP contribution in [0, 0.1) is 18.3 Å². The topological polar surface area (TPSA) is 93.4 Å². The van der Waals surface area contributed by atoms with E-state index in [4.69, 9.17) is 5.11 Å². The van der Waals surface area contributed by atoms with Crippen LogP contribution in [0.2, 0.25) is 0 Å². The maximum absolute atomic E-state index is 11.9. The summed E-state index contributed by atoms with van der Waals surface area (Å²) in [6, 6.07) is 7.97. The number of nitrogens with zero attached hydrogens (tertiary/aromatic N) is 2. The van der Waals surface area contributed by atoms with Gasteiger partial charge in [-0.3, -0.25) is 0 Å². The summed E-state index contributed by atoms with van der Waals surface area (Å²) in [4.78, 5) is 23.5. The molecule has 1 aromatic rings. The summed E-state index contributed by atoms with van der Waals surface area (Å²) >= 11 is 0. The van der Waals surface area contributed by atoms with Gasteiger partial charge in [0.25, 0.3) is 0 Å². The normalized spacial score (nSPS) is 18.6. The molecule has 0 radical (unpaired) electrons. The van der Waals surface area contributed by atoms with Gasteiger partial charge in [-0.1, -0.05) is 24.3 Å². The Morgan fingerprint density at radius 1 is 1.40 bits per heavy atom. The zero-order valence-corrected chi connectivity index (χ0v) is 11.0. The predicted molar refractivity (Wildman–Crippen MR) is 70.6 cm³/mol. The van der Waals surface area contributed by atoms with Crippen molar-refractivity contribution < 1.29 is 14.7 Å². The summed E-state index contributed by atoms with van der Waals surface area (Å²) in [5.41, 5.74) is 2.06. The van der Waals surface area contributed by atoms with E-state index in [2.05, 4.69) is 5.32 Å². The van der Waals surface area contributed by atoms with Crippen molar-refractivity contribution in [3.63, 3.8) is 0 Å². The van der Waals surface area contributed by atoms with E-state index in [9.17, 15) is 14.9 Å². The summed E-state index contributed by atoms with van der Waals surface area (Å²) in [6.07, 6.45) is -1.41. The molecule has 102 valence electrons. The van der Waals surface area contributed by atoms with Gasteiger partial charge in [0.1, 0.15) is 0 Å². The molecule has 0 spiro atoms. The van der Waals surface area contributed by atoms with Crippen molar-refractivity contribution in [2.45, 2.75) is 19.9 Å². The summed E-state index contributed by atoms with van der Waals surface area (Å²) in [5, 5.41) is 20.9. The van der Waals surface area contributed by atoms with E-state index >= 15 is 0 Å². The molecule has 0 fully saturated rings. The van der Waals surface area contributed by atoms with Gasteiger partial charge in [-0.2, -0.15) is 5.26 Å². The van der Waals surface area contributed by atoms with Crippen LogP contribution < -0.4 is 5.32 Å². The van der Waals surface area contributed by atoms with Crippen LogP contribution in [-0.2, 0) is 0 Å². The number of benzene rings is 1. The van der Waals surface area contributed by atoms with Crippen LogP contribution in [0.3, 0.4) is 0 Å². The van der Waals surface area contributed by atoms with E-state index in [1.54, 1.807) is 6.07 Å². The number of hydrogen-bond donors (Lipinski definition) is 2. The number of carboxylic acid groups (broad SMARTS) is 1. The molecule has 1 heterocycles. The lowest BCUT2D eigenvalue weighted by atomic mass is 9.93. The molecule has 2 rings (SSSR count). The lowest BCUT2D eigenvalue weighted by molar-refractivity contribution is 0.155. The lowest BCUT2D eigenvalue weighted by Gasteiger charge is -2.31. The summed E-state index contributed by atoms with van der Waals surface area (Å²) in [6.45, 7) is 3.33. The van der Waals surface area contributed by atoms with E-state index in [1.165, 1.54) is 6.92 Å². The fraction of sp³-hybridized carbons (Fsp3) is 0.214. The number of aryl methyl sites for hydroxylation is 1. The van der Waals surface area contributed by atoms with E-state index in [0.717, 1.165) is 11.1 Å². The predicted octanol–water partition coefficient (Wildman–Crippen LogP) is 2.54. The van der Waals surface area contributed by atoms with E-state index in [-0.39, 0.29) is 11.3 Å². The van der Waals surface area contributed by atoms with Gasteiger partial charge < -0.3 is 10.4 Å². The van der Waals surface area contributed by atoms with Crippen LogP contribution in [-0.4, -0.2) is 22.1 Å². The number of hydrogen-bond acceptors (Lipinski definition) is 3. The molecule has 1 unspecified atom stereocenters. The number of amides is 3. The minimum Gasteiger partial charge on any atom is -0.464 e. The van der Waals surface area contributed by atoms with Crippen LogP contribution in [0.15, 0.2) is 35.5 Å². The second kappa shape index (κ2) is 5.05. The zero-order valence-electron chi connectivity index (χ0n) is 11.0. The second-order valence-electron chi connectivity index (χ2n) is 4.47. The Balaban J connectivity index is 2.58. The Labute approximate surface area is 115 Å². The molecule has 0 saturated carbocycles. The third kappa shape index (κ3) is 2.10. The summed E-state index contributed by atoms with van der Waals surface area (Å²) in [5.74, 6) is 0. The molecule has 0 aromatic heterocycles. The summed E-state index contributed by atoms with van der Waals surface area (Å²) < 4.78 is 0. The van der Waals surface area contributed by atoms with Crippen molar-refractivity contribution in [1.82, 2.24) is 10.2 Å². The Morgan fingerprint density at radius 2 is 2.05 bits per heavy atom. The highest BCUT2D eigenvalue weighted by Gasteiger charge is 2.36. The van der Waals surface area contributed by atoms with Crippen molar-refractivity contribution in [3.05, 3.63) is 46.7 Å². The average molecular weight is 271 g/mol. The molecule has 0 saturated heterocycles. The monoisotopic (exact) mass is 271 g/mol. The molecule has 20 heavy (non-hydrogen) atoms. The third-order valence-corrected chi connectivity index (χ3v) is 3.30. The number of carbonyl (C=O) groups is 2. The Morgan fingerprint density at radius 3 is 2.60 bits per heavy atom. The number of imide groups is 1. The maximum Gasteiger partial charge on any atom is 0.419 e. The average Bonchev–Trinajstić information content (AvgIpc) is 2.38. The molecule has 1 aliphatic heterocycles. The first kappa shape index (κ1) is 13.6. The van der Waals surface area contributed by atoms with Crippen LogP contribution in [0.25, 0.3) is 0 Å². The van der Waals surface area contributed by atoms with Gasteiger partial charge in [-0.15, -0.1) is 0 Å². The van der Waals surface area contributed by atoms with Crippen LogP contribution >= 0.6 is 0 Å². The Hall–Kier alpha value is -2.81. The molecule has 0 aliphatic carbocycles. The van der Waals surface area contributed by atoms with Gasteiger partial charge in [-0.05, 0) is 25.0 Å². The first-order valence-corrected chi connectivity index (χ1v) is 5.97. The van der Waals surface area contributed by atoms with E-state index in [1.807, 2.05) is 31.2 Å². The van der Waals surface area contributed by atoms with Gasteiger partial charge in [0, 0.05) is 5.70 Å². The quantitative estimate of drug-likeness (QED) is 0.820. The van der Waals surface area contributed by atoms with E-state index in [0.29, 0.717) is 4.90 Å². The number of allylic oxidation sites excluding steroid dienone is 1. The van der Waals surface area contributed by atoms with Gasteiger partial charge in [0.05, 0.1) is 17.7 Å². The zero-order chi connectivity index (χ0) is 14.9. The number of nitrogens with one attached hydrogen (secondary N) is 1. The van der Waals surface area contributed by atoms with Crippen LogP contribution in [0.4, 0.5) is 9.59 Å². The second-order valence-corrected chi connectivity index (χ2v) is 4.47. The van der Waals surface area contributed by atoms with Crippen molar-refractivity contribution in [3.8, 4) is 6.07 Å². The number of rotatable bonds is 1. The molecule has 1 atom stereocenters. The molecule has 6 nitrogen and oxygen atoms in total. The Bertz CT molecular complexity index is 658. The fourth-order valence-electron chi connectivity index (χ4n) is 2.26. The molecule has 1 aliphatic rings. The number of nitriles is 1. The number of urea groups is 1. The van der Waals surface area contributed by atoms with Crippen molar-refractivity contribution in [1.29, 1.82) is 5.26 Å². The molecule has 1 aromatic carbocycles. The van der Waals surface area contributed by atoms with Gasteiger partial charge in [0.2, 0.25) is 0 Å². The maximum atomic E-state index is 11.9. The van der Waals surface area contributed by atoms with Crippen LogP contribution in [0.1, 0.15) is 24.1 Å². The molecular weight excluding hydrogens is 258 g/mol. The highest BCUT2D eigenvalue weighted by molar-refractivity contribution is 5.94. The van der Waals surface area contributed by atoms with Gasteiger partial charge in [0.15, 0.2) is 0 Å². The first-order chi connectivity index (χ1) is 9.47. The largest absolute Gasteiger partial charge is 0.464 e. The fourth-order valence-corrected chi connectivity index (χ4v) is 2.26. The molecule has 3 amide bonds. The number of carbonyl (C=O) groups excluding carboxylic acids is 1. The highest BCUT2D eigenvalue weighted by atomic mass is 16.4. The lowest BCUT2D eigenvalue weighted by Crippen LogP contribution is -2.48. The standard InChI is InChI=1S/C14H13N3O3/c1-8-5-3-4-6-10(8)12-11(7-15)9(2)17(14(19)20)13(18)16-12/h3-6,12H,1-2H3,(H,16,18)(H,19,20). The highest BCUT2D eigenvalue weighted by Crippen LogP contribution is 2.31. The third-order valence-electron chi connectivity index (χ3n) is 3.30. The van der Waals surface area contributed by atoms with Crippen molar-refractivity contribution in [2.24, 2.45) is 0 Å². The van der Waals surface area contributed by atoms with E-state index < -0.39 is 18.2 Å².